The second-order valence-electron chi connectivity index (χ2n) is 6.05. The molecule has 2 heterocycles. The molecule has 4 rings (SSSR count). The van der Waals surface area contributed by atoms with Crippen molar-refractivity contribution in [1.82, 2.24) is 4.90 Å². The SMILES string of the molecule is O=C1C(S(=O)(=O)c2ccccc2)=CC[C@@H]2OC[C@@H](c3ccccc3)N12. The molecule has 2 atom stereocenters. The predicted octanol–water partition coefficient (Wildman–Crippen LogP) is 2.67. The number of hydrogen-bond acceptors (Lipinski definition) is 4. The van der Waals surface area contributed by atoms with Gasteiger partial charge in [0.15, 0.2) is 0 Å². The minimum atomic E-state index is -3.84. The van der Waals surface area contributed by atoms with Gasteiger partial charge in [0.1, 0.15) is 11.1 Å². The van der Waals surface area contributed by atoms with Crippen molar-refractivity contribution >= 4 is 15.7 Å². The molecule has 0 N–H and O–H groups in total. The summed E-state index contributed by atoms with van der Waals surface area (Å²) >= 11 is 0. The topological polar surface area (TPSA) is 63.7 Å². The monoisotopic (exact) mass is 355 g/mol. The van der Waals surface area contributed by atoms with Gasteiger partial charge in [-0.05, 0) is 17.7 Å². The third-order valence-electron chi connectivity index (χ3n) is 4.57. The molecule has 0 aliphatic carbocycles. The van der Waals surface area contributed by atoms with Gasteiger partial charge < -0.3 is 9.64 Å². The highest BCUT2D eigenvalue weighted by molar-refractivity contribution is 7.96. The van der Waals surface area contributed by atoms with Crippen molar-refractivity contribution in [2.24, 2.45) is 0 Å². The van der Waals surface area contributed by atoms with E-state index in [1.807, 2.05) is 30.3 Å². The van der Waals surface area contributed by atoms with Gasteiger partial charge in [-0.3, -0.25) is 4.79 Å². The van der Waals surface area contributed by atoms with Crippen molar-refractivity contribution in [2.45, 2.75) is 23.6 Å². The van der Waals surface area contributed by atoms with Crippen LogP contribution in [0.15, 0.2) is 76.5 Å². The smallest absolute Gasteiger partial charge is 0.268 e. The summed E-state index contributed by atoms with van der Waals surface area (Å²) in [5.41, 5.74) is 0.941. The van der Waals surface area contributed by atoms with Crippen molar-refractivity contribution in [2.75, 3.05) is 6.61 Å². The van der Waals surface area contributed by atoms with Crippen molar-refractivity contribution in [3.8, 4) is 0 Å². The summed E-state index contributed by atoms with van der Waals surface area (Å²) in [4.78, 5) is 14.5. The van der Waals surface area contributed by atoms with Gasteiger partial charge in [0, 0.05) is 6.42 Å². The van der Waals surface area contributed by atoms with Crippen LogP contribution < -0.4 is 0 Å². The Balaban J connectivity index is 1.71. The van der Waals surface area contributed by atoms with Crippen LogP contribution in [0.1, 0.15) is 18.0 Å². The molecule has 6 heteroatoms. The molecule has 0 unspecified atom stereocenters. The Labute approximate surface area is 146 Å². The zero-order chi connectivity index (χ0) is 17.4. The number of carbonyl (C=O) groups is 1. The van der Waals surface area contributed by atoms with Crippen LogP contribution in [-0.4, -0.2) is 32.1 Å². The summed E-state index contributed by atoms with van der Waals surface area (Å²) in [6, 6.07) is 17.3. The zero-order valence-corrected chi connectivity index (χ0v) is 14.2. The summed E-state index contributed by atoms with van der Waals surface area (Å²) in [5, 5.41) is 0. The second kappa shape index (κ2) is 6.13. The summed E-state index contributed by atoms with van der Waals surface area (Å²) in [5.74, 6) is -0.494. The lowest BCUT2D eigenvalue weighted by Crippen LogP contribution is -2.42. The van der Waals surface area contributed by atoms with Crippen LogP contribution in [0.4, 0.5) is 0 Å². The van der Waals surface area contributed by atoms with Crippen LogP contribution in [0.5, 0.6) is 0 Å². The molecule has 0 radical (unpaired) electrons. The largest absolute Gasteiger partial charge is 0.355 e. The van der Waals surface area contributed by atoms with Crippen molar-refractivity contribution in [3.63, 3.8) is 0 Å². The molecule has 1 fully saturated rings. The van der Waals surface area contributed by atoms with E-state index >= 15 is 0 Å². The van der Waals surface area contributed by atoms with E-state index in [1.165, 1.54) is 18.2 Å². The standard InChI is InChI=1S/C19H17NO4S/c21-19-17(25(22,23)15-9-5-2-6-10-15)11-12-18-20(19)16(13-24-18)14-7-3-1-4-8-14/h1-11,16,18H,12-13H2/t16-,18-/m0/s1. The molecule has 128 valence electrons. The molecule has 0 bridgehead atoms. The number of amides is 1. The Hall–Kier alpha value is -2.44. The molecule has 2 aliphatic heterocycles. The fourth-order valence-electron chi connectivity index (χ4n) is 3.32. The lowest BCUT2D eigenvalue weighted by Gasteiger charge is -2.31. The maximum absolute atomic E-state index is 13.0. The minimum absolute atomic E-state index is 0.129. The number of hydrogen-bond donors (Lipinski definition) is 0. The van der Waals surface area contributed by atoms with Crippen molar-refractivity contribution in [3.05, 3.63) is 77.2 Å². The van der Waals surface area contributed by atoms with E-state index < -0.39 is 22.0 Å². The van der Waals surface area contributed by atoms with E-state index in [0.717, 1.165) is 5.56 Å². The number of nitrogens with zero attached hydrogens (tertiary/aromatic N) is 1. The molecular formula is C19H17NO4S. The number of benzene rings is 2. The van der Waals surface area contributed by atoms with Gasteiger partial charge in [-0.2, -0.15) is 0 Å². The normalized spacial score (nSPS) is 23.3. The summed E-state index contributed by atoms with van der Waals surface area (Å²) in [7, 11) is -3.84. The molecule has 1 amide bonds. The molecule has 5 nitrogen and oxygen atoms in total. The Morgan fingerprint density at radius 2 is 1.60 bits per heavy atom. The highest BCUT2D eigenvalue weighted by Crippen LogP contribution is 2.37. The first-order chi connectivity index (χ1) is 12.1. The molecule has 0 saturated carbocycles. The third-order valence-corrected chi connectivity index (χ3v) is 6.38. The Kier molecular flexibility index (Phi) is 3.94. The predicted molar refractivity (Wildman–Crippen MR) is 92.1 cm³/mol. The molecule has 25 heavy (non-hydrogen) atoms. The van der Waals surface area contributed by atoms with Gasteiger partial charge in [0.25, 0.3) is 5.91 Å². The van der Waals surface area contributed by atoms with E-state index in [2.05, 4.69) is 0 Å². The lowest BCUT2D eigenvalue weighted by atomic mass is 10.1. The van der Waals surface area contributed by atoms with Crippen LogP contribution in [0.2, 0.25) is 0 Å². The van der Waals surface area contributed by atoms with Gasteiger partial charge in [0.2, 0.25) is 9.84 Å². The van der Waals surface area contributed by atoms with Gasteiger partial charge in [-0.1, -0.05) is 54.6 Å². The van der Waals surface area contributed by atoms with Crippen LogP contribution in [-0.2, 0) is 19.4 Å². The maximum atomic E-state index is 13.0. The molecule has 2 aromatic rings. The average molecular weight is 355 g/mol. The molecular weight excluding hydrogens is 338 g/mol. The minimum Gasteiger partial charge on any atom is -0.355 e. The van der Waals surface area contributed by atoms with Gasteiger partial charge in [-0.15, -0.1) is 0 Å². The highest BCUT2D eigenvalue weighted by atomic mass is 32.2. The summed E-state index contributed by atoms with van der Waals surface area (Å²) in [6.45, 7) is 0.368. The van der Waals surface area contributed by atoms with Gasteiger partial charge in [-0.25, -0.2) is 8.42 Å². The Bertz CT molecular complexity index is 922. The quantitative estimate of drug-likeness (QED) is 0.849. The van der Waals surface area contributed by atoms with E-state index in [0.29, 0.717) is 13.0 Å². The first-order valence-corrected chi connectivity index (χ1v) is 9.57. The van der Waals surface area contributed by atoms with Crippen molar-refractivity contribution < 1.29 is 17.9 Å². The molecule has 2 aliphatic rings. The number of carbonyl (C=O) groups excluding carboxylic acids is 1. The first-order valence-electron chi connectivity index (χ1n) is 8.08. The average Bonchev–Trinajstić information content (AvgIpc) is 3.08. The number of ether oxygens (including phenoxy) is 1. The number of sulfone groups is 1. The summed E-state index contributed by atoms with van der Waals surface area (Å²) in [6.07, 6.45) is 1.45. The molecule has 0 spiro atoms. The summed E-state index contributed by atoms with van der Waals surface area (Å²) < 4.78 is 31.5. The second-order valence-corrected chi connectivity index (χ2v) is 7.97. The lowest BCUT2D eigenvalue weighted by molar-refractivity contribution is -0.133. The number of rotatable bonds is 3. The fourth-order valence-corrected chi connectivity index (χ4v) is 4.74. The van der Waals surface area contributed by atoms with Crippen LogP contribution in [0.3, 0.4) is 0 Å². The van der Waals surface area contributed by atoms with E-state index in [4.69, 9.17) is 4.74 Å². The maximum Gasteiger partial charge on any atom is 0.268 e. The zero-order valence-electron chi connectivity index (χ0n) is 13.4. The van der Waals surface area contributed by atoms with Crippen LogP contribution in [0.25, 0.3) is 0 Å². The van der Waals surface area contributed by atoms with E-state index in [1.54, 1.807) is 23.1 Å². The Morgan fingerprint density at radius 3 is 2.28 bits per heavy atom. The number of fused-ring (bicyclic) bond motifs is 1. The first kappa shape index (κ1) is 16.1. The van der Waals surface area contributed by atoms with Crippen molar-refractivity contribution in [1.29, 1.82) is 0 Å². The van der Waals surface area contributed by atoms with Gasteiger partial charge >= 0.3 is 0 Å². The van der Waals surface area contributed by atoms with Gasteiger partial charge in [0.05, 0.1) is 17.5 Å². The molecule has 1 saturated heterocycles. The molecule has 2 aromatic carbocycles. The fraction of sp³-hybridized carbons (Fsp3) is 0.211. The third kappa shape index (κ3) is 2.67. The van der Waals surface area contributed by atoms with E-state index in [9.17, 15) is 13.2 Å². The van der Waals surface area contributed by atoms with E-state index in [-0.39, 0.29) is 15.8 Å². The highest BCUT2D eigenvalue weighted by Gasteiger charge is 2.45. The van der Waals surface area contributed by atoms with Crippen LogP contribution >= 0.6 is 0 Å². The Morgan fingerprint density at radius 1 is 0.960 bits per heavy atom. The molecule has 0 aromatic heterocycles. The van der Waals surface area contributed by atoms with Crippen LogP contribution in [0, 0.1) is 0 Å².